The summed E-state index contributed by atoms with van der Waals surface area (Å²) in [6, 6.07) is 12.7. The minimum Gasteiger partial charge on any atom is -0.497 e. The van der Waals surface area contributed by atoms with Crippen LogP contribution >= 0.6 is 0 Å². The third-order valence-corrected chi connectivity index (χ3v) is 2.73. The summed E-state index contributed by atoms with van der Waals surface area (Å²) < 4.78 is 45.3. The van der Waals surface area contributed by atoms with Crippen LogP contribution in [0.2, 0.25) is 0 Å². The lowest BCUT2D eigenvalue weighted by Gasteiger charge is -2.09. The van der Waals surface area contributed by atoms with Crippen molar-refractivity contribution in [1.82, 2.24) is 0 Å². The molecule has 0 spiro atoms. The molecule has 0 saturated carbocycles. The van der Waals surface area contributed by atoms with E-state index in [4.69, 9.17) is 9.57 Å². The number of alkyl halides is 3. The minimum atomic E-state index is -4.72. The van der Waals surface area contributed by atoms with Gasteiger partial charge in [-0.2, -0.15) is 0 Å². The molecule has 4 nitrogen and oxygen atoms in total. The molecule has 0 radical (unpaired) electrons. The quantitative estimate of drug-likeness (QED) is 0.592. The molecule has 0 aliphatic heterocycles. The summed E-state index contributed by atoms with van der Waals surface area (Å²) in [6.45, 7) is 0.0233. The van der Waals surface area contributed by atoms with Gasteiger partial charge in [0.05, 0.1) is 13.3 Å². The Hall–Kier alpha value is -2.70. The second-order valence-electron chi connectivity index (χ2n) is 4.48. The number of ether oxygens (including phenoxy) is 2. The number of methoxy groups -OCH3 is 1. The molecule has 122 valence electrons. The summed E-state index contributed by atoms with van der Waals surface area (Å²) in [5.41, 5.74) is 1.29. The van der Waals surface area contributed by atoms with Crippen molar-refractivity contribution in [2.45, 2.75) is 13.0 Å². The van der Waals surface area contributed by atoms with Gasteiger partial charge in [-0.05, 0) is 35.4 Å². The Morgan fingerprint density at radius 1 is 1.04 bits per heavy atom. The molecular formula is C16H14F3NO3. The summed E-state index contributed by atoms with van der Waals surface area (Å²) in [4.78, 5) is 5.07. The Kier molecular flexibility index (Phi) is 5.46. The van der Waals surface area contributed by atoms with Crippen molar-refractivity contribution in [2.75, 3.05) is 7.11 Å². The van der Waals surface area contributed by atoms with E-state index in [1.165, 1.54) is 24.4 Å². The topological polar surface area (TPSA) is 40.0 Å². The summed E-state index contributed by atoms with van der Waals surface area (Å²) >= 11 is 0. The Balaban J connectivity index is 1.90. The van der Waals surface area contributed by atoms with E-state index in [2.05, 4.69) is 9.89 Å². The van der Waals surface area contributed by atoms with Gasteiger partial charge in [-0.1, -0.05) is 29.4 Å². The first kappa shape index (κ1) is 16.7. The van der Waals surface area contributed by atoms with Gasteiger partial charge in [0.15, 0.2) is 0 Å². The van der Waals surface area contributed by atoms with E-state index in [0.29, 0.717) is 11.3 Å². The lowest BCUT2D eigenvalue weighted by Crippen LogP contribution is -2.17. The zero-order valence-electron chi connectivity index (χ0n) is 12.2. The van der Waals surface area contributed by atoms with Crippen LogP contribution in [0.15, 0.2) is 53.7 Å². The molecule has 0 heterocycles. The number of benzene rings is 2. The highest BCUT2D eigenvalue weighted by Crippen LogP contribution is 2.23. The third kappa shape index (κ3) is 5.90. The molecular weight excluding hydrogens is 311 g/mol. The Bertz CT molecular complexity index is 672. The highest BCUT2D eigenvalue weighted by atomic mass is 19.4. The molecule has 0 N–H and O–H groups in total. The van der Waals surface area contributed by atoms with Crippen molar-refractivity contribution in [3.8, 4) is 11.5 Å². The fourth-order valence-electron chi connectivity index (χ4n) is 1.76. The average Bonchev–Trinajstić information content (AvgIpc) is 2.50. The van der Waals surface area contributed by atoms with Crippen molar-refractivity contribution in [2.24, 2.45) is 5.16 Å². The molecule has 23 heavy (non-hydrogen) atoms. The predicted octanol–water partition coefficient (Wildman–Crippen LogP) is 4.14. The smallest absolute Gasteiger partial charge is 0.497 e. The van der Waals surface area contributed by atoms with E-state index in [-0.39, 0.29) is 12.4 Å². The monoisotopic (exact) mass is 325 g/mol. The average molecular weight is 325 g/mol. The van der Waals surface area contributed by atoms with Crippen molar-refractivity contribution in [3.63, 3.8) is 0 Å². The predicted molar refractivity (Wildman–Crippen MR) is 78.5 cm³/mol. The van der Waals surface area contributed by atoms with Gasteiger partial charge in [-0.3, -0.25) is 0 Å². The maximum atomic E-state index is 12.1. The zero-order valence-corrected chi connectivity index (χ0v) is 12.2. The largest absolute Gasteiger partial charge is 0.573 e. The second kappa shape index (κ2) is 7.53. The second-order valence-corrected chi connectivity index (χ2v) is 4.48. The van der Waals surface area contributed by atoms with Crippen LogP contribution in [0.3, 0.4) is 0 Å². The van der Waals surface area contributed by atoms with Crippen LogP contribution in [0.1, 0.15) is 11.1 Å². The molecule has 0 aliphatic carbocycles. The molecule has 0 bridgehead atoms. The van der Waals surface area contributed by atoms with Crippen LogP contribution in [0.5, 0.6) is 11.5 Å². The Labute approximate surface area is 131 Å². The van der Waals surface area contributed by atoms with Gasteiger partial charge >= 0.3 is 6.36 Å². The molecule has 0 fully saturated rings. The number of halogens is 3. The van der Waals surface area contributed by atoms with E-state index >= 15 is 0 Å². The highest BCUT2D eigenvalue weighted by molar-refractivity contribution is 5.79. The van der Waals surface area contributed by atoms with Crippen molar-refractivity contribution in [3.05, 3.63) is 59.7 Å². The van der Waals surface area contributed by atoms with Crippen LogP contribution in [0, 0.1) is 0 Å². The van der Waals surface area contributed by atoms with Crippen LogP contribution < -0.4 is 9.47 Å². The first-order valence-electron chi connectivity index (χ1n) is 6.60. The van der Waals surface area contributed by atoms with Gasteiger partial charge in [0, 0.05) is 0 Å². The standard InChI is InChI=1S/C16H14F3NO3/c1-21-14-6-2-4-12(8-14)10-20-22-11-13-5-3-7-15(9-13)23-16(17,18)19/h2-10H,11H2,1H3. The molecule has 7 heteroatoms. The molecule has 2 aromatic rings. The van der Waals surface area contributed by atoms with E-state index in [1.54, 1.807) is 31.4 Å². The highest BCUT2D eigenvalue weighted by Gasteiger charge is 2.31. The van der Waals surface area contributed by atoms with Gasteiger partial charge in [0.25, 0.3) is 0 Å². The van der Waals surface area contributed by atoms with E-state index in [1.807, 2.05) is 6.07 Å². The first-order chi connectivity index (χ1) is 11.0. The Morgan fingerprint density at radius 2 is 1.78 bits per heavy atom. The SMILES string of the molecule is COc1cccc(C=NOCc2cccc(OC(F)(F)F)c2)c1. The lowest BCUT2D eigenvalue weighted by atomic mass is 10.2. The van der Waals surface area contributed by atoms with Gasteiger partial charge < -0.3 is 14.3 Å². The maximum absolute atomic E-state index is 12.1. The summed E-state index contributed by atoms with van der Waals surface area (Å²) in [7, 11) is 1.56. The molecule has 0 amide bonds. The fourth-order valence-corrected chi connectivity index (χ4v) is 1.76. The minimum absolute atomic E-state index is 0.0233. The number of nitrogens with zero attached hydrogens (tertiary/aromatic N) is 1. The number of hydrogen-bond acceptors (Lipinski definition) is 4. The van der Waals surface area contributed by atoms with E-state index in [0.717, 1.165) is 5.56 Å². The zero-order chi connectivity index (χ0) is 16.7. The van der Waals surface area contributed by atoms with Crippen LogP contribution in [0.4, 0.5) is 13.2 Å². The molecule has 0 aliphatic rings. The van der Waals surface area contributed by atoms with Crippen LogP contribution in [-0.2, 0) is 11.4 Å². The van der Waals surface area contributed by atoms with Crippen molar-refractivity contribution < 1.29 is 27.5 Å². The fraction of sp³-hybridized carbons (Fsp3) is 0.188. The van der Waals surface area contributed by atoms with Crippen molar-refractivity contribution in [1.29, 1.82) is 0 Å². The van der Waals surface area contributed by atoms with Gasteiger partial charge in [-0.25, -0.2) is 0 Å². The molecule has 2 aromatic carbocycles. The van der Waals surface area contributed by atoms with Gasteiger partial charge in [0.2, 0.25) is 0 Å². The molecule has 0 unspecified atom stereocenters. The lowest BCUT2D eigenvalue weighted by molar-refractivity contribution is -0.274. The summed E-state index contributed by atoms with van der Waals surface area (Å²) in [5.74, 6) is 0.390. The maximum Gasteiger partial charge on any atom is 0.573 e. The van der Waals surface area contributed by atoms with E-state index < -0.39 is 6.36 Å². The molecule has 2 rings (SSSR count). The molecule has 0 atom stereocenters. The first-order valence-corrected chi connectivity index (χ1v) is 6.60. The normalized spacial score (nSPS) is 11.5. The van der Waals surface area contributed by atoms with Crippen molar-refractivity contribution >= 4 is 6.21 Å². The number of rotatable bonds is 6. The van der Waals surface area contributed by atoms with Gasteiger partial charge in [-0.15, -0.1) is 13.2 Å². The summed E-state index contributed by atoms with van der Waals surface area (Å²) in [6.07, 6.45) is -3.23. The van der Waals surface area contributed by atoms with Crippen LogP contribution in [0.25, 0.3) is 0 Å². The van der Waals surface area contributed by atoms with Gasteiger partial charge in [0.1, 0.15) is 18.1 Å². The molecule has 0 aromatic heterocycles. The third-order valence-electron chi connectivity index (χ3n) is 2.73. The number of oxime groups is 1. The van der Waals surface area contributed by atoms with E-state index in [9.17, 15) is 13.2 Å². The molecule has 0 saturated heterocycles. The number of hydrogen-bond donors (Lipinski definition) is 0. The van der Waals surface area contributed by atoms with Crippen LogP contribution in [-0.4, -0.2) is 19.7 Å². The summed E-state index contributed by atoms with van der Waals surface area (Å²) in [5, 5.41) is 3.77. The Morgan fingerprint density at radius 3 is 2.52 bits per heavy atom.